The van der Waals surface area contributed by atoms with E-state index in [1.807, 2.05) is 0 Å². The van der Waals surface area contributed by atoms with E-state index in [0.717, 1.165) is 13.0 Å². The highest BCUT2D eigenvalue weighted by Crippen LogP contribution is 2.04. The predicted molar refractivity (Wildman–Crippen MR) is 24.5 cm³/mol. The summed E-state index contributed by atoms with van der Waals surface area (Å²) in [5.74, 6) is 4.85. The third-order valence-electron chi connectivity index (χ3n) is 1.08. The summed E-state index contributed by atoms with van der Waals surface area (Å²) in [7, 11) is 0. The zero-order valence-corrected chi connectivity index (χ0v) is 4.09. The van der Waals surface area contributed by atoms with Crippen LogP contribution in [0.1, 0.15) is 6.42 Å². The average Bonchev–Trinajstić information content (AvgIpc) is 2.14. The maximum absolute atomic E-state index is 4.94. The fourth-order valence-corrected chi connectivity index (χ4v) is 0.620. The molecule has 0 aromatic heterocycles. The lowest BCUT2D eigenvalue weighted by Crippen LogP contribution is -2.16. The second-order valence-electron chi connectivity index (χ2n) is 1.62. The number of nitrogens with two attached hydrogens (primary N) is 1. The lowest BCUT2D eigenvalue weighted by Gasteiger charge is -1.99. The van der Waals surface area contributed by atoms with E-state index in [2.05, 4.69) is 4.84 Å². The second kappa shape index (κ2) is 2.26. The van der Waals surface area contributed by atoms with Crippen molar-refractivity contribution in [2.45, 2.75) is 12.5 Å². The van der Waals surface area contributed by atoms with Crippen LogP contribution in [0.15, 0.2) is 0 Å². The summed E-state index contributed by atoms with van der Waals surface area (Å²) in [4.78, 5) is 4.49. The highest BCUT2D eigenvalue weighted by atomic mass is 16.6. The maximum Gasteiger partial charge on any atom is 0.104 e. The SMILES string of the molecule is NOC1CCOC1. The van der Waals surface area contributed by atoms with Crippen LogP contribution in [0.2, 0.25) is 0 Å². The fourth-order valence-electron chi connectivity index (χ4n) is 0.620. The number of rotatable bonds is 1. The Labute approximate surface area is 42.3 Å². The molecule has 0 amide bonds. The lowest BCUT2D eigenvalue weighted by molar-refractivity contribution is 0.0427. The Morgan fingerprint density at radius 1 is 1.71 bits per heavy atom. The van der Waals surface area contributed by atoms with Crippen LogP contribution in [0.3, 0.4) is 0 Å². The maximum atomic E-state index is 4.94. The Kier molecular flexibility index (Phi) is 1.62. The van der Waals surface area contributed by atoms with Crippen LogP contribution in [-0.4, -0.2) is 19.3 Å². The smallest absolute Gasteiger partial charge is 0.104 e. The largest absolute Gasteiger partial charge is 0.379 e. The predicted octanol–water partition coefficient (Wildman–Crippen LogP) is -0.334. The minimum absolute atomic E-state index is 0.153. The first kappa shape index (κ1) is 5.03. The number of hydrogen-bond acceptors (Lipinski definition) is 3. The molecule has 1 rings (SSSR count). The van der Waals surface area contributed by atoms with Gasteiger partial charge in [0.15, 0.2) is 0 Å². The zero-order valence-electron chi connectivity index (χ0n) is 4.09. The van der Waals surface area contributed by atoms with Gasteiger partial charge in [0.05, 0.1) is 6.61 Å². The Hall–Kier alpha value is -0.120. The molecule has 0 aliphatic carbocycles. The van der Waals surface area contributed by atoms with E-state index in [1.165, 1.54) is 0 Å². The van der Waals surface area contributed by atoms with Crippen molar-refractivity contribution in [1.29, 1.82) is 0 Å². The van der Waals surface area contributed by atoms with Crippen LogP contribution in [0.5, 0.6) is 0 Å². The molecule has 7 heavy (non-hydrogen) atoms. The Balaban J connectivity index is 2.14. The summed E-state index contributed by atoms with van der Waals surface area (Å²) in [6.07, 6.45) is 1.09. The van der Waals surface area contributed by atoms with Crippen LogP contribution >= 0.6 is 0 Å². The molecular formula is C4H9NO2. The summed E-state index contributed by atoms with van der Waals surface area (Å²) in [6, 6.07) is 0. The molecule has 1 unspecified atom stereocenters. The van der Waals surface area contributed by atoms with E-state index in [-0.39, 0.29) is 6.10 Å². The fraction of sp³-hybridized carbons (Fsp3) is 1.00. The minimum atomic E-state index is 0.153. The minimum Gasteiger partial charge on any atom is -0.379 e. The molecule has 1 heterocycles. The van der Waals surface area contributed by atoms with Crippen molar-refractivity contribution in [3.8, 4) is 0 Å². The molecule has 1 atom stereocenters. The van der Waals surface area contributed by atoms with Crippen LogP contribution < -0.4 is 5.90 Å². The van der Waals surface area contributed by atoms with Crippen molar-refractivity contribution < 1.29 is 9.57 Å². The van der Waals surface area contributed by atoms with E-state index >= 15 is 0 Å². The van der Waals surface area contributed by atoms with E-state index in [0.29, 0.717) is 6.61 Å². The molecule has 3 heteroatoms. The first-order chi connectivity index (χ1) is 3.43. The molecule has 0 radical (unpaired) electrons. The van der Waals surface area contributed by atoms with Gasteiger partial charge in [0, 0.05) is 13.0 Å². The van der Waals surface area contributed by atoms with Crippen molar-refractivity contribution in [3.63, 3.8) is 0 Å². The molecule has 2 N–H and O–H groups in total. The van der Waals surface area contributed by atoms with Crippen molar-refractivity contribution in [3.05, 3.63) is 0 Å². The van der Waals surface area contributed by atoms with Crippen LogP contribution in [0.4, 0.5) is 0 Å². The summed E-state index contributed by atoms with van der Waals surface area (Å²) in [6.45, 7) is 1.46. The van der Waals surface area contributed by atoms with Gasteiger partial charge in [0.2, 0.25) is 0 Å². The van der Waals surface area contributed by atoms with Crippen LogP contribution in [-0.2, 0) is 9.57 Å². The lowest BCUT2D eigenvalue weighted by atomic mass is 10.3. The Morgan fingerprint density at radius 3 is 2.86 bits per heavy atom. The van der Waals surface area contributed by atoms with Crippen molar-refractivity contribution in [2.24, 2.45) is 5.90 Å². The van der Waals surface area contributed by atoms with Gasteiger partial charge in [-0.05, 0) is 0 Å². The monoisotopic (exact) mass is 103 g/mol. The first-order valence-corrected chi connectivity index (χ1v) is 2.37. The summed E-state index contributed by atoms with van der Waals surface area (Å²) in [5.41, 5.74) is 0. The molecular weight excluding hydrogens is 94.0 g/mol. The second-order valence-corrected chi connectivity index (χ2v) is 1.62. The summed E-state index contributed by atoms with van der Waals surface area (Å²) in [5, 5.41) is 0. The molecule has 0 saturated carbocycles. The standard InChI is InChI=1S/C4H9NO2/c5-7-4-1-2-6-3-4/h4H,1-3,5H2. The molecule has 0 aromatic rings. The number of hydrogen-bond donors (Lipinski definition) is 1. The normalized spacial score (nSPS) is 31.3. The van der Waals surface area contributed by atoms with E-state index in [1.54, 1.807) is 0 Å². The Morgan fingerprint density at radius 2 is 2.57 bits per heavy atom. The van der Waals surface area contributed by atoms with Gasteiger partial charge in [-0.25, -0.2) is 5.90 Å². The van der Waals surface area contributed by atoms with Crippen molar-refractivity contribution in [2.75, 3.05) is 13.2 Å². The zero-order chi connectivity index (χ0) is 5.11. The molecule has 42 valence electrons. The average molecular weight is 103 g/mol. The van der Waals surface area contributed by atoms with E-state index < -0.39 is 0 Å². The Bertz CT molecular complexity index is 51.7. The first-order valence-electron chi connectivity index (χ1n) is 2.37. The highest BCUT2D eigenvalue weighted by Gasteiger charge is 2.13. The van der Waals surface area contributed by atoms with Gasteiger partial charge in [-0.15, -0.1) is 0 Å². The van der Waals surface area contributed by atoms with Crippen molar-refractivity contribution in [1.82, 2.24) is 0 Å². The molecule has 1 saturated heterocycles. The summed E-state index contributed by atoms with van der Waals surface area (Å²) >= 11 is 0. The molecule has 0 bridgehead atoms. The highest BCUT2D eigenvalue weighted by molar-refractivity contribution is 4.60. The van der Waals surface area contributed by atoms with Gasteiger partial charge in [-0.2, -0.15) is 0 Å². The van der Waals surface area contributed by atoms with Gasteiger partial charge in [0.25, 0.3) is 0 Å². The van der Waals surface area contributed by atoms with Gasteiger partial charge in [0.1, 0.15) is 6.10 Å². The van der Waals surface area contributed by atoms with E-state index in [9.17, 15) is 0 Å². The van der Waals surface area contributed by atoms with Gasteiger partial charge in [-0.1, -0.05) is 0 Å². The topological polar surface area (TPSA) is 44.5 Å². The third kappa shape index (κ3) is 1.12. The molecule has 0 aromatic carbocycles. The van der Waals surface area contributed by atoms with Crippen LogP contribution in [0.25, 0.3) is 0 Å². The number of ether oxygens (including phenoxy) is 1. The molecule has 1 aliphatic heterocycles. The molecule has 1 aliphatic rings. The van der Waals surface area contributed by atoms with Gasteiger partial charge < -0.3 is 4.74 Å². The quantitative estimate of drug-likeness (QED) is 0.462. The van der Waals surface area contributed by atoms with Crippen molar-refractivity contribution >= 4 is 0 Å². The van der Waals surface area contributed by atoms with Gasteiger partial charge >= 0.3 is 0 Å². The third-order valence-corrected chi connectivity index (χ3v) is 1.08. The molecule has 0 spiro atoms. The van der Waals surface area contributed by atoms with Crippen LogP contribution in [0, 0.1) is 0 Å². The molecule has 1 fully saturated rings. The molecule has 3 nitrogen and oxygen atoms in total. The van der Waals surface area contributed by atoms with Gasteiger partial charge in [-0.3, -0.25) is 4.84 Å². The summed E-state index contributed by atoms with van der Waals surface area (Å²) < 4.78 is 4.94. The van der Waals surface area contributed by atoms with E-state index in [4.69, 9.17) is 10.6 Å².